The van der Waals surface area contributed by atoms with Gasteiger partial charge in [-0.3, -0.25) is 0 Å². The number of ether oxygens (including phenoxy) is 2. The minimum absolute atomic E-state index is 0.0201. The molecule has 698 valence electrons. The molecule has 18 nitrogen and oxygen atoms in total. The van der Waals surface area contributed by atoms with Crippen molar-refractivity contribution >= 4 is 247 Å². The Kier molecular flexibility index (Phi) is 18.5. The molecule has 30 aromatic rings. The van der Waals surface area contributed by atoms with Crippen molar-refractivity contribution < 1.29 is 45.9 Å². The summed E-state index contributed by atoms with van der Waals surface area (Å²) in [4.78, 5) is 37.3. The van der Waals surface area contributed by atoms with E-state index in [1.54, 1.807) is 30.2 Å². The zero-order chi connectivity index (χ0) is 101. The van der Waals surface area contributed by atoms with Crippen LogP contribution in [0.1, 0.15) is 5.48 Å². The number of fused-ring (bicyclic) bond motifs is 25. The third-order valence-electron chi connectivity index (χ3n) is 27.5. The average molecular weight is 1970 g/mol. The van der Waals surface area contributed by atoms with Crippen molar-refractivity contribution in [2.24, 2.45) is 0 Å². The first-order valence-corrected chi connectivity index (χ1v) is 50.6. The lowest BCUT2D eigenvalue weighted by Crippen LogP contribution is -2.16. The second-order valence-electron chi connectivity index (χ2n) is 36.3. The Balaban J connectivity index is 0.000000104. The fraction of sp³-hybridized carbons (Fsp3) is 0.00787. The van der Waals surface area contributed by atoms with E-state index < -0.39 is 0 Å². The lowest BCUT2D eigenvalue weighted by molar-refractivity contribution is 0.416. The standard InChI is InChI=1S/C47H29N3O4.C42H23N3O3S.C38H21N3O2S2/c1-51-45-35(47-49-39-16-5-7-19-42(39)54-47)14-9-17-40(45)50(31-12-8-11-30(24-31)46-48-38-15-4-6-18-41(38)53-46)32-22-23-34-37-25-29-21-20-28-10-2-3-13-33(28)36(29)27-44(37)52-43(34)26-32;1-2-9-25-23-38-30(21-24(25)8-1)29-17-18-33-39(40(29)49-38)46-37-19-16-27(42-44-32-13-4-6-15-36(32)48-42)22-34(37)45(33)28-11-7-10-26(20-28)41-43-31-12-3-5-14-35(31)47-41;1-6-15-33-25(10-1)26-17-19-30-36(35(26)44-33)45-34-21-23(38-40-28-12-3-5-14-32(28)43-38)16-18-29(34)41(30)24-9-7-8-22(20-24)37-39-27-11-2-4-13-31(27)42-37/h2-27H,1H3;1-23H;1-21H/i;;1D,6D,10D,15D. The van der Waals surface area contributed by atoms with Gasteiger partial charge in [-0.15, -0.1) is 22.7 Å². The number of nitrogens with zero attached hydrogens (tertiary/aromatic N) is 9. The largest absolute Gasteiger partial charge is 0.494 e. The van der Waals surface area contributed by atoms with E-state index in [1.165, 1.54) is 59.1 Å². The molecule has 0 unspecified atom stereocenters. The van der Waals surface area contributed by atoms with Crippen molar-refractivity contribution in [2.45, 2.75) is 9.79 Å². The van der Waals surface area contributed by atoms with Crippen LogP contribution in [-0.4, -0.2) is 37.0 Å². The predicted molar refractivity (Wildman–Crippen MR) is 598 cm³/mol. The number of hydrogen-bond acceptors (Lipinski definition) is 21. The summed E-state index contributed by atoms with van der Waals surface area (Å²) in [5.74, 6) is 5.39. The van der Waals surface area contributed by atoms with Crippen molar-refractivity contribution in [2.75, 3.05) is 21.8 Å². The molecule has 9 aromatic heterocycles. The van der Waals surface area contributed by atoms with Gasteiger partial charge in [0.2, 0.25) is 35.3 Å². The Morgan fingerprint density at radius 1 is 0.291 bits per heavy atom. The molecule has 0 saturated heterocycles. The molecule has 0 atom stereocenters. The number of furan rings is 1. The highest BCUT2D eigenvalue weighted by molar-refractivity contribution is 8.00. The number of anilines is 9. The number of thiophene rings is 2. The minimum Gasteiger partial charge on any atom is -0.494 e. The van der Waals surface area contributed by atoms with Crippen molar-refractivity contribution in [3.8, 4) is 86.0 Å². The van der Waals surface area contributed by atoms with Crippen LogP contribution in [0.4, 0.5) is 51.2 Å². The van der Waals surface area contributed by atoms with Crippen LogP contribution in [0.15, 0.2) is 465 Å². The molecule has 2 aliphatic rings. The summed E-state index contributed by atoms with van der Waals surface area (Å²) in [5.41, 5.74) is 23.9. The lowest BCUT2D eigenvalue weighted by Gasteiger charge is -2.33. The van der Waals surface area contributed by atoms with Crippen LogP contribution in [0, 0.1) is 0 Å². The van der Waals surface area contributed by atoms with Gasteiger partial charge in [0.25, 0.3) is 0 Å². The molecule has 0 aliphatic carbocycles. The van der Waals surface area contributed by atoms with Gasteiger partial charge in [-0.2, -0.15) is 0 Å². The normalized spacial score (nSPS) is 12.7. The van der Waals surface area contributed by atoms with Gasteiger partial charge in [-0.05, 0) is 263 Å². The second kappa shape index (κ2) is 34.0. The van der Waals surface area contributed by atoms with Gasteiger partial charge in [0, 0.05) is 97.6 Å². The van der Waals surface area contributed by atoms with Gasteiger partial charge in [0.15, 0.2) is 50.7 Å². The molecule has 0 N–H and O–H groups in total. The molecular formula is C127H73N9O9S3. The van der Waals surface area contributed by atoms with Crippen LogP contribution >= 0.6 is 34.4 Å². The summed E-state index contributed by atoms with van der Waals surface area (Å²) in [6.07, 6.45) is 0. The van der Waals surface area contributed by atoms with Gasteiger partial charge >= 0.3 is 0 Å². The monoisotopic (exact) mass is 1970 g/mol. The maximum atomic E-state index is 8.74. The fourth-order valence-corrected chi connectivity index (χ4v) is 24.3. The summed E-state index contributed by atoms with van der Waals surface area (Å²) < 4.78 is 94.8. The van der Waals surface area contributed by atoms with E-state index in [1.807, 2.05) is 231 Å². The Morgan fingerprint density at radius 3 is 1.39 bits per heavy atom. The molecule has 0 fully saturated rings. The maximum absolute atomic E-state index is 8.74. The Morgan fingerprint density at radius 2 is 0.764 bits per heavy atom. The molecule has 0 spiro atoms. The Labute approximate surface area is 858 Å². The quantitative estimate of drug-likeness (QED) is 0.105. The van der Waals surface area contributed by atoms with Crippen LogP contribution in [0.5, 0.6) is 17.2 Å². The summed E-state index contributed by atoms with van der Waals surface area (Å²) in [5, 5.41) is 13.1. The van der Waals surface area contributed by atoms with Crippen LogP contribution in [-0.2, 0) is 0 Å². The van der Waals surface area contributed by atoms with Crippen molar-refractivity contribution in [3.63, 3.8) is 0 Å². The SMILES string of the molecule is COc1c(-c2nc3ccccc3o2)cccc1N(c1cccc(-c2nc3ccccc3o2)c1)c1ccc2c(c1)oc1cc3c(ccc4ccccc43)cc12.[2H]c1c([2H])c([2H])c2c(sc3c4c(ccc32)N(c2cccc(-c3nc5ccccc5o3)c2)c2ccc(-c3nc5ccccc5o3)cc2S4)c1[2H].c1cc(-c2nc3ccccc3o2)cc(N2c3cc(-c4nc5ccccc5o4)ccc3Oc3c2ccc2c3sc3cc4ccccc4cc32)c1. The van der Waals surface area contributed by atoms with Gasteiger partial charge in [0.05, 0.1) is 66.6 Å². The number of hydrogen-bond donors (Lipinski definition) is 0. The number of rotatable bonds is 12. The van der Waals surface area contributed by atoms with Crippen LogP contribution in [0.2, 0.25) is 0 Å². The van der Waals surface area contributed by atoms with E-state index >= 15 is 0 Å². The number of oxazole rings is 6. The lowest BCUT2D eigenvalue weighted by atomic mass is 10.00. The predicted octanol–water partition coefficient (Wildman–Crippen LogP) is 37.0. The van der Waals surface area contributed by atoms with Gasteiger partial charge in [-0.1, -0.05) is 200 Å². The Hall–Kier alpha value is -19.2. The number of aromatic nitrogens is 6. The van der Waals surface area contributed by atoms with E-state index in [0.29, 0.717) is 56.8 Å². The molecule has 0 amide bonds. The average Bonchev–Trinajstić information content (AvgIpc) is 1.53. The van der Waals surface area contributed by atoms with Crippen LogP contribution in [0.25, 0.3) is 230 Å². The first kappa shape index (κ1) is 80.4. The smallest absolute Gasteiger partial charge is 0.231 e. The maximum Gasteiger partial charge on any atom is 0.231 e. The highest BCUT2D eigenvalue weighted by Crippen LogP contribution is 2.60. The van der Waals surface area contributed by atoms with Crippen molar-refractivity contribution in [3.05, 3.63) is 425 Å². The third-order valence-corrected chi connectivity index (χ3v) is 31.1. The zero-order valence-corrected chi connectivity index (χ0v) is 80.5. The Bertz CT molecular complexity index is 10800. The topological polar surface area (TPSA) is 197 Å². The van der Waals surface area contributed by atoms with Crippen LogP contribution < -0.4 is 24.2 Å². The summed E-state index contributed by atoms with van der Waals surface area (Å²) in [6.45, 7) is 0. The fourth-order valence-electron chi connectivity index (χ4n) is 20.6. The summed E-state index contributed by atoms with van der Waals surface area (Å²) in [7, 11) is 1.68. The highest BCUT2D eigenvalue weighted by atomic mass is 32.2. The van der Waals surface area contributed by atoms with Gasteiger partial charge < -0.3 is 55.1 Å². The van der Waals surface area contributed by atoms with E-state index in [-0.39, 0.29) is 24.2 Å². The zero-order valence-electron chi connectivity index (χ0n) is 82.0. The van der Waals surface area contributed by atoms with Crippen molar-refractivity contribution in [1.82, 2.24) is 29.9 Å². The molecular weight excluding hydrogens is 1890 g/mol. The molecule has 32 rings (SSSR count). The van der Waals surface area contributed by atoms with Gasteiger partial charge in [-0.25, -0.2) is 29.9 Å². The van der Waals surface area contributed by atoms with E-state index in [4.69, 9.17) is 75.8 Å². The third kappa shape index (κ3) is 14.2. The molecule has 0 bridgehead atoms. The molecule has 11 heterocycles. The molecule has 21 heteroatoms. The number of methoxy groups -OCH3 is 1. The molecule has 0 radical (unpaired) electrons. The second-order valence-corrected chi connectivity index (χ2v) is 39.5. The summed E-state index contributed by atoms with van der Waals surface area (Å²) >= 11 is 4.79. The highest BCUT2D eigenvalue weighted by Gasteiger charge is 2.34. The van der Waals surface area contributed by atoms with Gasteiger partial charge in [0.1, 0.15) is 44.3 Å². The molecule has 148 heavy (non-hydrogen) atoms. The first-order valence-electron chi connectivity index (χ1n) is 50.1. The summed E-state index contributed by atoms with van der Waals surface area (Å²) in [6, 6.07) is 134. The van der Waals surface area contributed by atoms with Crippen LogP contribution in [0.3, 0.4) is 0 Å². The van der Waals surface area contributed by atoms with E-state index in [2.05, 4.69) is 185 Å². The number of para-hydroxylation sites is 13. The van der Waals surface area contributed by atoms with Crippen molar-refractivity contribution in [1.29, 1.82) is 0 Å². The van der Waals surface area contributed by atoms with E-state index in [0.717, 1.165) is 204 Å². The minimum atomic E-state index is -0.228. The molecule has 21 aromatic carbocycles. The number of benzene rings is 21. The first-order chi connectivity index (χ1) is 74.8. The van der Waals surface area contributed by atoms with E-state index in [9.17, 15) is 0 Å². The molecule has 2 aliphatic heterocycles. The molecule has 0 saturated carbocycles.